The zero-order valence-electron chi connectivity index (χ0n) is 10.4. The molecule has 0 spiro atoms. The van der Waals surface area contributed by atoms with Gasteiger partial charge in [-0.25, -0.2) is 17.7 Å². The predicted molar refractivity (Wildman–Crippen MR) is 74.1 cm³/mol. The van der Waals surface area contributed by atoms with Crippen LogP contribution in [0.25, 0.3) is 0 Å². The highest BCUT2D eigenvalue weighted by atomic mass is 32.2. The van der Waals surface area contributed by atoms with Crippen molar-refractivity contribution in [3.63, 3.8) is 0 Å². The van der Waals surface area contributed by atoms with Crippen molar-refractivity contribution in [2.75, 3.05) is 11.4 Å². The van der Waals surface area contributed by atoms with Gasteiger partial charge in [0.25, 0.3) is 10.0 Å². The number of ketones is 1. The van der Waals surface area contributed by atoms with Crippen LogP contribution in [0.15, 0.2) is 40.7 Å². The van der Waals surface area contributed by atoms with Gasteiger partial charge in [-0.2, -0.15) is 0 Å². The second-order valence-corrected chi connectivity index (χ2v) is 6.71. The zero-order chi connectivity index (χ0) is 14.0. The number of anilines is 1. The number of carbonyl (C=O) groups excluding carboxylic acids is 1. The summed E-state index contributed by atoms with van der Waals surface area (Å²) in [5.74, 6) is -0.172. The van der Waals surface area contributed by atoms with E-state index in [0.717, 1.165) is 4.31 Å². The minimum Gasteiger partial charge on any atom is -0.295 e. The predicted octanol–water partition coefficient (Wildman–Crippen LogP) is 2.17. The van der Waals surface area contributed by atoms with Crippen LogP contribution in [0.2, 0.25) is 0 Å². The lowest BCUT2D eigenvalue weighted by Crippen LogP contribution is -2.26. The molecule has 0 fully saturated rings. The third-order valence-electron chi connectivity index (χ3n) is 2.59. The molecule has 0 aliphatic carbocycles. The molecule has 5 nitrogen and oxygen atoms in total. The van der Waals surface area contributed by atoms with E-state index in [0.29, 0.717) is 10.7 Å². The summed E-state index contributed by atoms with van der Waals surface area (Å²) in [4.78, 5) is 15.3. The summed E-state index contributed by atoms with van der Waals surface area (Å²) in [6.45, 7) is 1.40. The minimum absolute atomic E-state index is 0.0814. The zero-order valence-corrected chi connectivity index (χ0v) is 12.0. The van der Waals surface area contributed by atoms with Crippen LogP contribution in [0.5, 0.6) is 0 Å². The van der Waals surface area contributed by atoms with Gasteiger partial charge in [-0.15, -0.1) is 11.3 Å². The molecular weight excluding hydrogens is 284 g/mol. The lowest BCUT2D eigenvalue weighted by atomic mass is 10.2. The summed E-state index contributed by atoms with van der Waals surface area (Å²) in [5.41, 5.74) is 0.369. The number of benzene rings is 1. The van der Waals surface area contributed by atoms with Crippen molar-refractivity contribution >= 4 is 32.3 Å². The first kappa shape index (κ1) is 13.7. The van der Waals surface area contributed by atoms with Gasteiger partial charge in [0, 0.05) is 24.2 Å². The molecule has 1 heterocycles. The van der Waals surface area contributed by atoms with Crippen LogP contribution in [0.4, 0.5) is 5.13 Å². The molecule has 0 aliphatic heterocycles. The molecule has 0 bridgehead atoms. The van der Waals surface area contributed by atoms with Gasteiger partial charge in [-0.05, 0) is 19.1 Å². The maximum absolute atomic E-state index is 12.4. The van der Waals surface area contributed by atoms with Crippen molar-refractivity contribution in [1.29, 1.82) is 0 Å². The Morgan fingerprint density at radius 2 is 2.11 bits per heavy atom. The number of hydrogen-bond donors (Lipinski definition) is 0. The Hall–Kier alpha value is -1.73. The number of nitrogens with zero attached hydrogens (tertiary/aromatic N) is 2. The second kappa shape index (κ2) is 5.10. The van der Waals surface area contributed by atoms with E-state index in [-0.39, 0.29) is 10.7 Å². The van der Waals surface area contributed by atoms with E-state index in [4.69, 9.17) is 0 Å². The summed E-state index contributed by atoms with van der Waals surface area (Å²) < 4.78 is 25.9. The molecule has 19 heavy (non-hydrogen) atoms. The number of rotatable bonds is 4. The second-order valence-electron chi connectivity index (χ2n) is 3.87. The van der Waals surface area contributed by atoms with Crippen LogP contribution < -0.4 is 4.31 Å². The molecule has 1 aromatic heterocycles. The van der Waals surface area contributed by atoms with Crippen LogP contribution in [0, 0.1) is 0 Å². The molecule has 0 saturated carbocycles. The number of aromatic nitrogens is 1. The van der Waals surface area contributed by atoms with E-state index in [1.165, 1.54) is 43.6 Å². The topological polar surface area (TPSA) is 67.3 Å². The van der Waals surface area contributed by atoms with E-state index >= 15 is 0 Å². The lowest BCUT2D eigenvalue weighted by Gasteiger charge is -2.16. The maximum atomic E-state index is 12.4. The first-order chi connectivity index (χ1) is 8.93. The molecular formula is C12H12N2O3S2. The van der Waals surface area contributed by atoms with Gasteiger partial charge >= 0.3 is 0 Å². The lowest BCUT2D eigenvalue weighted by molar-refractivity contribution is 0.101. The van der Waals surface area contributed by atoms with Gasteiger partial charge in [0.2, 0.25) is 0 Å². The summed E-state index contributed by atoms with van der Waals surface area (Å²) >= 11 is 1.23. The molecule has 0 N–H and O–H groups in total. The van der Waals surface area contributed by atoms with Crippen LogP contribution in [0.1, 0.15) is 17.3 Å². The Kier molecular flexibility index (Phi) is 3.68. The molecule has 2 aromatic rings. The van der Waals surface area contributed by atoms with E-state index in [1.807, 2.05) is 0 Å². The van der Waals surface area contributed by atoms with Gasteiger partial charge in [-0.1, -0.05) is 12.1 Å². The Morgan fingerprint density at radius 1 is 1.37 bits per heavy atom. The SMILES string of the molecule is CC(=O)c1cccc(S(=O)(=O)N(C)c2nccs2)c1. The van der Waals surface area contributed by atoms with Crippen molar-refractivity contribution in [1.82, 2.24) is 4.98 Å². The van der Waals surface area contributed by atoms with Crippen LogP contribution in [-0.2, 0) is 10.0 Å². The molecule has 0 saturated heterocycles. The summed E-state index contributed by atoms with van der Waals surface area (Å²) in [6.07, 6.45) is 1.54. The van der Waals surface area contributed by atoms with E-state index in [1.54, 1.807) is 17.5 Å². The Balaban J connectivity index is 2.45. The first-order valence-electron chi connectivity index (χ1n) is 5.42. The highest BCUT2D eigenvalue weighted by Gasteiger charge is 2.23. The Labute approximate surface area is 115 Å². The minimum atomic E-state index is -3.69. The highest BCUT2D eigenvalue weighted by molar-refractivity contribution is 7.93. The van der Waals surface area contributed by atoms with Gasteiger partial charge < -0.3 is 0 Å². The largest absolute Gasteiger partial charge is 0.295 e. The smallest absolute Gasteiger partial charge is 0.265 e. The molecule has 0 aliphatic rings. The number of Topliss-reactive ketones (excluding diaryl/α,β-unsaturated/α-hetero) is 1. The molecule has 100 valence electrons. The van der Waals surface area contributed by atoms with E-state index < -0.39 is 10.0 Å². The molecule has 0 atom stereocenters. The fourth-order valence-corrected chi connectivity index (χ4v) is 3.54. The summed E-state index contributed by atoms with van der Waals surface area (Å²) in [5, 5.41) is 2.08. The van der Waals surface area contributed by atoms with Crippen LogP contribution >= 0.6 is 11.3 Å². The standard InChI is InChI=1S/C12H12N2O3S2/c1-9(15)10-4-3-5-11(8-10)19(16,17)14(2)12-13-6-7-18-12/h3-8H,1-2H3. The number of carbonyl (C=O) groups is 1. The van der Waals surface area contributed by atoms with Crippen LogP contribution in [0.3, 0.4) is 0 Å². The molecule has 2 rings (SSSR count). The van der Waals surface area contributed by atoms with Crippen molar-refractivity contribution in [2.45, 2.75) is 11.8 Å². The number of sulfonamides is 1. The quantitative estimate of drug-likeness (QED) is 0.811. The third-order valence-corrected chi connectivity index (χ3v) is 5.29. The Morgan fingerprint density at radius 3 is 2.68 bits per heavy atom. The average molecular weight is 296 g/mol. The van der Waals surface area contributed by atoms with Crippen molar-refractivity contribution in [3.8, 4) is 0 Å². The van der Waals surface area contributed by atoms with Gasteiger partial charge in [0.05, 0.1) is 4.90 Å². The van der Waals surface area contributed by atoms with Crippen molar-refractivity contribution < 1.29 is 13.2 Å². The maximum Gasteiger partial charge on any atom is 0.265 e. The summed E-state index contributed by atoms with van der Waals surface area (Å²) in [7, 11) is -2.25. The van der Waals surface area contributed by atoms with Crippen molar-refractivity contribution in [2.24, 2.45) is 0 Å². The highest BCUT2D eigenvalue weighted by Crippen LogP contribution is 2.24. The first-order valence-corrected chi connectivity index (χ1v) is 7.74. The normalized spacial score (nSPS) is 11.3. The third kappa shape index (κ3) is 2.66. The molecule has 0 amide bonds. The monoisotopic (exact) mass is 296 g/mol. The van der Waals surface area contributed by atoms with Gasteiger partial charge in [-0.3, -0.25) is 4.79 Å². The van der Waals surface area contributed by atoms with E-state index in [2.05, 4.69) is 4.98 Å². The van der Waals surface area contributed by atoms with Gasteiger partial charge in [0.15, 0.2) is 10.9 Å². The number of hydrogen-bond acceptors (Lipinski definition) is 5. The summed E-state index contributed by atoms with van der Waals surface area (Å²) in [6, 6.07) is 5.98. The Bertz CT molecular complexity index is 694. The fourth-order valence-electron chi connectivity index (χ4n) is 1.51. The molecule has 7 heteroatoms. The van der Waals surface area contributed by atoms with Crippen LogP contribution in [-0.4, -0.2) is 26.2 Å². The molecule has 0 radical (unpaired) electrons. The van der Waals surface area contributed by atoms with Gasteiger partial charge in [0.1, 0.15) is 0 Å². The van der Waals surface area contributed by atoms with E-state index in [9.17, 15) is 13.2 Å². The number of thiazole rings is 1. The average Bonchev–Trinajstić information content (AvgIpc) is 2.91. The molecule has 0 unspecified atom stereocenters. The fraction of sp³-hybridized carbons (Fsp3) is 0.167. The van der Waals surface area contributed by atoms with Crippen molar-refractivity contribution in [3.05, 3.63) is 41.4 Å². The molecule has 1 aromatic carbocycles.